The first-order valence-corrected chi connectivity index (χ1v) is 11.1. The first kappa shape index (κ1) is 23.0. The maximum atomic E-state index is 12.8. The first-order chi connectivity index (χ1) is 15.1. The Morgan fingerprint density at radius 3 is 2.45 bits per heavy atom. The van der Waals surface area contributed by atoms with Gasteiger partial charge in [-0.3, -0.25) is 14.5 Å². The van der Waals surface area contributed by atoms with Gasteiger partial charge in [-0.2, -0.15) is 0 Å². The summed E-state index contributed by atoms with van der Waals surface area (Å²) >= 11 is 0. The van der Waals surface area contributed by atoms with Crippen molar-refractivity contribution in [1.29, 1.82) is 0 Å². The van der Waals surface area contributed by atoms with Crippen LogP contribution in [0.4, 0.5) is 5.69 Å². The van der Waals surface area contributed by atoms with Crippen LogP contribution in [-0.4, -0.2) is 50.1 Å². The quantitative estimate of drug-likeness (QED) is 0.600. The lowest BCUT2D eigenvalue weighted by Crippen LogP contribution is -2.32. The van der Waals surface area contributed by atoms with Crippen LogP contribution < -0.4 is 10.6 Å². The Balaban J connectivity index is 1.58. The van der Waals surface area contributed by atoms with E-state index in [4.69, 9.17) is 4.74 Å². The standard InChI is InChI=1S/C25H33N3O3/c1-19-12-15-28(16-13-19)18-20-8-10-21(11-9-20)24(29)27-23-7-4-3-6-22(23)25(30)26-14-5-17-31-2/h3-4,6-11,19H,5,12-18H2,1-2H3,(H,26,30)(H,27,29). The second-order valence-corrected chi connectivity index (χ2v) is 8.26. The van der Waals surface area contributed by atoms with Gasteiger partial charge in [0.2, 0.25) is 0 Å². The monoisotopic (exact) mass is 423 g/mol. The highest BCUT2D eigenvalue weighted by Crippen LogP contribution is 2.19. The second-order valence-electron chi connectivity index (χ2n) is 8.26. The summed E-state index contributed by atoms with van der Waals surface area (Å²) in [6, 6.07) is 14.8. The number of likely N-dealkylation sites (tertiary alicyclic amines) is 1. The molecule has 31 heavy (non-hydrogen) atoms. The molecule has 0 bridgehead atoms. The van der Waals surface area contributed by atoms with Crippen LogP contribution >= 0.6 is 0 Å². The number of amides is 2. The third-order valence-electron chi connectivity index (χ3n) is 5.73. The molecule has 0 aliphatic carbocycles. The Labute approximate surface area is 185 Å². The molecule has 0 aromatic heterocycles. The van der Waals surface area contributed by atoms with Gasteiger partial charge in [-0.05, 0) is 68.1 Å². The normalized spacial score (nSPS) is 14.9. The fraction of sp³-hybridized carbons (Fsp3) is 0.440. The zero-order valence-electron chi connectivity index (χ0n) is 18.5. The van der Waals surface area contributed by atoms with Gasteiger partial charge in [-0.1, -0.05) is 31.2 Å². The zero-order valence-corrected chi connectivity index (χ0v) is 18.5. The number of benzene rings is 2. The summed E-state index contributed by atoms with van der Waals surface area (Å²) in [6.07, 6.45) is 3.24. The van der Waals surface area contributed by atoms with Crippen molar-refractivity contribution in [3.05, 3.63) is 65.2 Å². The smallest absolute Gasteiger partial charge is 0.255 e. The molecule has 3 rings (SSSR count). The van der Waals surface area contributed by atoms with Gasteiger partial charge in [0, 0.05) is 32.4 Å². The van der Waals surface area contributed by atoms with Crippen LogP contribution in [-0.2, 0) is 11.3 Å². The van der Waals surface area contributed by atoms with Crippen LogP contribution in [0.3, 0.4) is 0 Å². The van der Waals surface area contributed by atoms with Crippen LogP contribution in [0.1, 0.15) is 52.5 Å². The predicted octanol–water partition coefficient (Wildman–Crippen LogP) is 3.94. The maximum Gasteiger partial charge on any atom is 0.255 e. The number of piperidine rings is 1. The number of carbonyl (C=O) groups excluding carboxylic acids is 2. The molecule has 0 atom stereocenters. The lowest BCUT2D eigenvalue weighted by molar-refractivity contribution is 0.0949. The van der Waals surface area contributed by atoms with E-state index in [1.54, 1.807) is 31.4 Å². The number of methoxy groups -OCH3 is 1. The van der Waals surface area contributed by atoms with E-state index in [2.05, 4.69) is 22.5 Å². The first-order valence-electron chi connectivity index (χ1n) is 11.1. The summed E-state index contributed by atoms with van der Waals surface area (Å²) in [6.45, 7) is 6.61. The van der Waals surface area contributed by atoms with Crippen molar-refractivity contribution in [2.45, 2.75) is 32.7 Å². The molecule has 2 aromatic carbocycles. The minimum Gasteiger partial charge on any atom is -0.385 e. The summed E-state index contributed by atoms with van der Waals surface area (Å²) in [5.41, 5.74) is 2.74. The Kier molecular flexibility index (Phi) is 8.62. The SMILES string of the molecule is COCCCNC(=O)c1ccccc1NC(=O)c1ccc(CN2CCC(C)CC2)cc1. The minimum absolute atomic E-state index is 0.210. The molecule has 0 unspecified atom stereocenters. The van der Waals surface area contributed by atoms with Gasteiger partial charge in [0.25, 0.3) is 11.8 Å². The van der Waals surface area contributed by atoms with E-state index in [9.17, 15) is 9.59 Å². The molecule has 2 aromatic rings. The van der Waals surface area contributed by atoms with Gasteiger partial charge in [0.05, 0.1) is 11.3 Å². The number of ether oxygens (including phenoxy) is 1. The molecular formula is C25H33N3O3. The molecule has 2 amide bonds. The topological polar surface area (TPSA) is 70.7 Å². The summed E-state index contributed by atoms with van der Waals surface area (Å²) in [7, 11) is 1.63. The van der Waals surface area contributed by atoms with Crippen LogP contribution in [0, 0.1) is 5.92 Å². The van der Waals surface area contributed by atoms with Crippen LogP contribution in [0.2, 0.25) is 0 Å². The molecule has 6 nitrogen and oxygen atoms in total. The number of hydrogen-bond donors (Lipinski definition) is 2. The highest BCUT2D eigenvalue weighted by molar-refractivity contribution is 6.09. The van der Waals surface area contributed by atoms with Crippen molar-refractivity contribution in [2.75, 3.05) is 38.7 Å². The van der Waals surface area contributed by atoms with Crippen LogP contribution in [0.15, 0.2) is 48.5 Å². The molecule has 1 fully saturated rings. The fourth-order valence-corrected chi connectivity index (χ4v) is 3.74. The maximum absolute atomic E-state index is 12.8. The summed E-state index contributed by atoms with van der Waals surface area (Å²) in [5.74, 6) is 0.383. The molecule has 2 N–H and O–H groups in total. The number of nitrogens with one attached hydrogen (secondary N) is 2. The molecule has 1 aliphatic heterocycles. The lowest BCUT2D eigenvalue weighted by Gasteiger charge is -2.30. The van der Waals surface area contributed by atoms with Gasteiger partial charge in [0.15, 0.2) is 0 Å². The highest BCUT2D eigenvalue weighted by atomic mass is 16.5. The van der Waals surface area contributed by atoms with E-state index < -0.39 is 0 Å². The number of para-hydroxylation sites is 1. The van der Waals surface area contributed by atoms with Gasteiger partial charge in [-0.15, -0.1) is 0 Å². The third kappa shape index (κ3) is 6.91. The van der Waals surface area contributed by atoms with Crippen molar-refractivity contribution in [1.82, 2.24) is 10.2 Å². The Morgan fingerprint density at radius 1 is 1.03 bits per heavy atom. The van der Waals surface area contributed by atoms with Crippen molar-refractivity contribution in [3.8, 4) is 0 Å². The molecule has 0 radical (unpaired) electrons. The second kappa shape index (κ2) is 11.6. The molecule has 0 saturated carbocycles. The van der Waals surface area contributed by atoms with E-state index in [-0.39, 0.29) is 11.8 Å². The molecule has 0 spiro atoms. The number of nitrogens with zero attached hydrogens (tertiary/aromatic N) is 1. The lowest BCUT2D eigenvalue weighted by atomic mass is 9.99. The largest absolute Gasteiger partial charge is 0.385 e. The van der Waals surface area contributed by atoms with Gasteiger partial charge in [-0.25, -0.2) is 0 Å². The molecule has 1 heterocycles. The van der Waals surface area contributed by atoms with Gasteiger partial charge >= 0.3 is 0 Å². The van der Waals surface area contributed by atoms with E-state index in [1.807, 2.05) is 24.3 Å². The predicted molar refractivity (Wildman–Crippen MR) is 123 cm³/mol. The van der Waals surface area contributed by atoms with E-state index >= 15 is 0 Å². The van der Waals surface area contributed by atoms with E-state index in [1.165, 1.54) is 18.4 Å². The van der Waals surface area contributed by atoms with Crippen molar-refractivity contribution in [3.63, 3.8) is 0 Å². The van der Waals surface area contributed by atoms with E-state index in [0.29, 0.717) is 30.0 Å². The fourth-order valence-electron chi connectivity index (χ4n) is 3.74. The number of carbonyl (C=O) groups is 2. The Bertz CT molecular complexity index is 859. The molecule has 166 valence electrons. The van der Waals surface area contributed by atoms with Crippen LogP contribution in [0.25, 0.3) is 0 Å². The summed E-state index contributed by atoms with van der Waals surface area (Å²) in [4.78, 5) is 27.7. The van der Waals surface area contributed by atoms with Crippen molar-refractivity contribution < 1.29 is 14.3 Å². The van der Waals surface area contributed by atoms with Crippen molar-refractivity contribution in [2.24, 2.45) is 5.92 Å². The molecular weight excluding hydrogens is 390 g/mol. The van der Waals surface area contributed by atoms with Gasteiger partial charge in [0.1, 0.15) is 0 Å². The molecule has 1 saturated heterocycles. The average molecular weight is 424 g/mol. The van der Waals surface area contributed by atoms with Crippen molar-refractivity contribution >= 4 is 17.5 Å². The number of rotatable bonds is 9. The summed E-state index contributed by atoms with van der Waals surface area (Å²) in [5, 5.41) is 5.74. The molecule has 1 aliphatic rings. The average Bonchev–Trinajstić information content (AvgIpc) is 2.79. The van der Waals surface area contributed by atoms with E-state index in [0.717, 1.165) is 32.0 Å². The Morgan fingerprint density at radius 2 is 1.74 bits per heavy atom. The number of hydrogen-bond acceptors (Lipinski definition) is 4. The third-order valence-corrected chi connectivity index (χ3v) is 5.73. The van der Waals surface area contributed by atoms with Gasteiger partial charge < -0.3 is 15.4 Å². The minimum atomic E-state index is -0.224. The number of anilines is 1. The highest BCUT2D eigenvalue weighted by Gasteiger charge is 2.17. The summed E-state index contributed by atoms with van der Waals surface area (Å²) < 4.78 is 5.00. The van der Waals surface area contributed by atoms with Crippen LogP contribution in [0.5, 0.6) is 0 Å². The Hall–Kier alpha value is -2.70. The zero-order chi connectivity index (χ0) is 22.1. The molecule has 6 heteroatoms.